The van der Waals surface area contributed by atoms with Gasteiger partial charge in [0, 0.05) is 12.7 Å². The minimum atomic E-state index is 0.00370. The van der Waals surface area contributed by atoms with Crippen LogP contribution in [-0.2, 0) is 0 Å². The van der Waals surface area contributed by atoms with Crippen molar-refractivity contribution in [1.82, 2.24) is 25.3 Å². The number of nitrogens with zero attached hydrogens (tertiary/aromatic N) is 3. The highest BCUT2D eigenvalue weighted by atomic mass is 16.2. The zero-order chi connectivity index (χ0) is 12.5. The third kappa shape index (κ3) is 1.70. The molecule has 6 heteroatoms. The Hall–Kier alpha value is -2.11. The molecular weight excluding hydrogens is 230 g/mol. The summed E-state index contributed by atoms with van der Waals surface area (Å²) in [6, 6.07) is 1.81. The van der Waals surface area contributed by atoms with Gasteiger partial charge in [0.05, 0.1) is 17.9 Å². The number of hydrogen-bond acceptors (Lipinski definition) is 3. The molecule has 1 atom stereocenters. The number of nitrogens with one attached hydrogen (secondary N) is 2. The summed E-state index contributed by atoms with van der Waals surface area (Å²) in [4.78, 5) is 14.2. The normalized spacial score (nSPS) is 19.4. The van der Waals surface area contributed by atoms with Crippen molar-refractivity contribution < 1.29 is 4.79 Å². The predicted octanol–water partition coefficient (Wildman–Crippen LogP) is 1.42. The molecule has 94 valence electrons. The van der Waals surface area contributed by atoms with E-state index in [1.165, 1.54) is 0 Å². The lowest BCUT2D eigenvalue weighted by molar-refractivity contribution is 0.0726. The smallest absolute Gasteiger partial charge is 0.272 e. The average molecular weight is 245 g/mol. The van der Waals surface area contributed by atoms with Crippen LogP contribution in [0.15, 0.2) is 18.5 Å². The van der Waals surface area contributed by atoms with Crippen LogP contribution in [0.25, 0.3) is 0 Å². The highest BCUT2D eigenvalue weighted by molar-refractivity contribution is 5.92. The second kappa shape index (κ2) is 4.29. The molecule has 2 N–H and O–H groups in total. The van der Waals surface area contributed by atoms with E-state index in [2.05, 4.69) is 20.4 Å². The zero-order valence-electron chi connectivity index (χ0n) is 10.2. The molecule has 1 amide bonds. The number of amides is 1. The molecule has 6 nitrogen and oxygen atoms in total. The summed E-state index contributed by atoms with van der Waals surface area (Å²) in [5.41, 5.74) is 2.68. The lowest BCUT2D eigenvalue weighted by atomic mass is 10.1. The van der Waals surface area contributed by atoms with Crippen molar-refractivity contribution in [2.75, 3.05) is 6.54 Å². The van der Waals surface area contributed by atoms with Gasteiger partial charge in [0.2, 0.25) is 0 Å². The largest absolute Gasteiger partial charge is 0.329 e. The molecule has 2 aromatic heterocycles. The van der Waals surface area contributed by atoms with Crippen molar-refractivity contribution in [2.24, 2.45) is 0 Å². The second-order valence-corrected chi connectivity index (χ2v) is 4.59. The Morgan fingerprint density at radius 2 is 2.33 bits per heavy atom. The number of aromatic amines is 2. The van der Waals surface area contributed by atoms with Gasteiger partial charge in [-0.2, -0.15) is 10.2 Å². The van der Waals surface area contributed by atoms with Crippen LogP contribution in [0.4, 0.5) is 0 Å². The predicted molar refractivity (Wildman–Crippen MR) is 64.9 cm³/mol. The number of likely N-dealkylation sites (tertiary alicyclic amines) is 1. The third-order valence-corrected chi connectivity index (χ3v) is 3.45. The fourth-order valence-corrected chi connectivity index (χ4v) is 2.53. The number of aromatic nitrogens is 4. The number of rotatable bonds is 2. The summed E-state index contributed by atoms with van der Waals surface area (Å²) in [6.07, 6.45) is 5.39. The molecule has 1 fully saturated rings. The number of hydrogen-bond donors (Lipinski definition) is 2. The third-order valence-electron chi connectivity index (χ3n) is 3.45. The number of H-pyrrole nitrogens is 2. The molecule has 2 aromatic rings. The maximum atomic E-state index is 12.3. The highest BCUT2D eigenvalue weighted by Gasteiger charge is 2.32. The lowest BCUT2D eigenvalue weighted by Gasteiger charge is -2.23. The standard InChI is InChI=1S/C12H15N5O/c1-8-7-14-16-11(8)10-3-2-6-17(10)12(18)9-4-5-13-15-9/h4-5,7,10H,2-3,6H2,1H3,(H,13,15)(H,14,16)/t10-/m1/s1. The Morgan fingerprint density at radius 3 is 3.00 bits per heavy atom. The SMILES string of the molecule is Cc1cn[nH]c1[C@H]1CCCN1C(=O)c1ccn[nH]1. The first-order valence-corrected chi connectivity index (χ1v) is 6.07. The molecule has 0 bridgehead atoms. The van der Waals surface area contributed by atoms with E-state index in [1.807, 2.05) is 11.8 Å². The number of carbonyl (C=O) groups excluding carboxylic acids is 1. The summed E-state index contributed by atoms with van der Waals surface area (Å²) in [5.74, 6) is 0.00370. The molecule has 18 heavy (non-hydrogen) atoms. The van der Waals surface area contributed by atoms with E-state index in [9.17, 15) is 4.79 Å². The Bertz CT molecular complexity index is 545. The monoisotopic (exact) mass is 245 g/mol. The summed E-state index contributed by atoms with van der Waals surface area (Å²) < 4.78 is 0. The minimum Gasteiger partial charge on any atom is -0.329 e. The van der Waals surface area contributed by atoms with Gasteiger partial charge in [0.1, 0.15) is 5.69 Å². The van der Waals surface area contributed by atoms with Gasteiger partial charge in [-0.15, -0.1) is 0 Å². The Kier molecular flexibility index (Phi) is 2.62. The van der Waals surface area contributed by atoms with Crippen molar-refractivity contribution in [1.29, 1.82) is 0 Å². The van der Waals surface area contributed by atoms with Crippen LogP contribution in [0, 0.1) is 6.92 Å². The quantitative estimate of drug-likeness (QED) is 0.840. The van der Waals surface area contributed by atoms with Crippen LogP contribution in [0.1, 0.15) is 40.6 Å². The van der Waals surface area contributed by atoms with Crippen LogP contribution in [0.2, 0.25) is 0 Å². The van der Waals surface area contributed by atoms with E-state index >= 15 is 0 Å². The summed E-state index contributed by atoms with van der Waals surface area (Å²) in [7, 11) is 0. The van der Waals surface area contributed by atoms with E-state index in [1.54, 1.807) is 18.5 Å². The minimum absolute atomic E-state index is 0.00370. The molecular formula is C12H15N5O. The van der Waals surface area contributed by atoms with E-state index < -0.39 is 0 Å². The fourth-order valence-electron chi connectivity index (χ4n) is 2.53. The van der Waals surface area contributed by atoms with E-state index in [0.717, 1.165) is 30.6 Å². The van der Waals surface area contributed by atoms with Crippen molar-refractivity contribution in [3.05, 3.63) is 35.4 Å². The maximum absolute atomic E-state index is 12.3. The molecule has 0 spiro atoms. The first-order chi connectivity index (χ1) is 8.77. The van der Waals surface area contributed by atoms with Gasteiger partial charge in [-0.25, -0.2) is 0 Å². The van der Waals surface area contributed by atoms with E-state index in [-0.39, 0.29) is 11.9 Å². The fraction of sp³-hybridized carbons (Fsp3) is 0.417. The van der Waals surface area contributed by atoms with Crippen LogP contribution < -0.4 is 0 Å². The Morgan fingerprint density at radius 1 is 1.44 bits per heavy atom. The first kappa shape index (κ1) is 11.0. The number of carbonyl (C=O) groups is 1. The molecule has 1 saturated heterocycles. The topological polar surface area (TPSA) is 77.7 Å². The van der Waals surface area contributed by atoms with Gasteiger partial charge >= 0.3 is 0 Å². The zero-order valence-corrected chi connectivity index (χ0v) is 10.2. The molecule has 1 aliphatic heterocycles. The lowest BCUT2D eigenvalue weighted by Crippen LogP contribution is -2.31. The highest BCUT2D eigenvalue weighted by Crippen LogP contribution is 2.33. The molecule has 3 heterocycles. The van der Waals surface area contributed by atoms with Crippen LogP contribution in [0.3, 0.4) is 0 Å². The van der Waals surface area contributed by atoms with Crippen molar-refractivity contribution in [3.8, 4) is 0 Å². The Balaban J connectivity index is 1.88. The van der Waals surface area contributed by atoms with Gasteiger partial charge in [-0.05, 0) is 31.4 Å². The molecule has 0 aromatic carbocycles. The van der Waals surface area contributed by atoms with Crippen LogP contribution >= 0.6 is 0 Å². The van der Waals surface area contributed by atoms with Gasteiger partial charge in [-0.1, -0.05) is 0 Å². The average Bonchev–Trinajstić information content (AvgIpc) is 3.09. The summed E-state index contributed by atoms with van der Waals surface area (Å²) in [5, 5.41) is 13.6. The molecule has 0 radical (unpaired) electrons. The molecule has 0 aliphatic carbocycles. The summed E-state index contributed by atoms with van der Waals surface area (Å²) in [6.45, 7) is 2.79. The summed E-state index contributed by atoms with van der Waals surface area (Å²) >= 11 is 0. The number of aryl methyl sites for hydroxylation is 1. The second-order valence-electron chi connectivity index (χ2n) is 4.59. The molecule has 0 saturated carbocycles. The molecule has 3 rings (SSSR count). The van der Waals surface area contributed by atoms with Crippen LogP contribution in [0.5, 0.6) is 0 Å². The van der Waals surface area contributed by atoms with Crippen molar-refractivity contribution in [2.45, 2.75) is 25.8 Å². The van der Waals surface area contributed by atoms with Crippen LogP contribution in [-0.4, -0.2) is 37.7 Å². The van der Waals surface area contributed by atoms with Gasteiger partial charge in [-0.3, -0.25) is 15.0 Å². The molecule has 1 aliphatic rings. The van der Waals surface area contributed by atoms with Crippen molar-refractivity contribution in [3.63, 3.8) is 0 Å². The van der Waals surface area contributed by atoms with Gasteiger partial charge < -0.3 is 4.90 Å². The first-order valence-electron chi connectivity index (χ1n) is 6.07. The molecule has 0 unspecified atom stereocenters. The van der Waals surface area contributed by atoms with Crippen molar-refractivity contribution >= 4 is 5.91 Å². The van der Waals surface area contributed by atoms with Gasteiger partial charge in [0.25, 0.3) is 5.91 Å². The van der Waals surface area contributed by atoms with E-state index in [0.29, 0.717) is 5.69 Å². The maximum Gasteiger partial charge on any atom is 0.272 e. The van der Waals surface area contributed by atoms with E-state index in [4.69, 9.17) is 0 Å². The van der Waals surface area contributed by atoms with Gasteiger partial charge in [0.15, 0.2) is 0 Å². The Labute approximate surface area is 104 Å².